The quantitative estimate of drug-likeness (QED) is 0.361. The Morgan fingerprint density at radius 3 is 2.38 bits per heavy atom. The van der Waals surface area contributed by atoms with Gasteiger partial charge in [-0.2, -0.15) is 0 Å². The van der Waals surface area contributed by atoms with E-state index in [9.17, 15) is 4.79 Å². The van der Waals surface area contributed by atoms with Crippen molar-refractivity contribution in [3.05, 3.63) is 12.2 Å². The summed E-state index contributed by atoms with van der Waals surface area (Å²) in [7, 11) is 0. The second-order valence-electron chi connectivity index (χ2n) is 9.85. The molecule has 0 aromatic rings. The van der Waals surface area contributed by atoms with Crippen molar-refractivity contribution in [2.75, 3.05) is 13.2 Å². The summed E-state index contributed by atoms with van der Waals surface area (Å²) in [4.78, 5) is 12.2. The molecule has 0 spiro atoms. The molecule has 4 heteroatoms. The molecule has 26 heavy (non-hydrogen) atoms. The summed E-state index contributed by atoms with van der Waals surface area (Å²) in [6.45, 7) is 9.45. The van der Waals surface area contributed by atoms with Crippen LogP contribution in [0.5, 0.6) is 0 Å². The SMILES string of the molecule is C=C(C)C(=O)OC12CC3CC(CC(OCCCCC4(C)CCO4)(C3)C1)C2. The molecule has 0 N–H and O–H groups in total. The topological polar surface area (TPSA) is 44.8 Å². The molecule has 1 heterocycles. The second kappa shape index (κ2) is 6.63. The molecule has 5 aliphatic rings. The van der Waals surface area contributed by atoms with Crippen LogP contribution in [0.1, 0.15) is 78.1 Å². The Hall–Kier alpha value is -0.870. The van der Waals surface area contributed by atoms with Crippen molar-refractivity contribution in [2.45, 2.75) is 94.9 Å². The van der Waals surface area contributed by atoms with Gasteiger partial charge in [-0.25, -0.2) is 4.79 Å². The van der Waals surface area contributed by atoms with E-state index in [1.165, 1.54) is 12.8 Å². The third kappa shape index (κ3) is 3.60. The Balaban J connectivity index is 1.32. The molecule has 4 bridgehead atoms. The number of carbonyl (C=O) groups excluding carboxylic acids is 1. The van der Waals surface area contributed by atoms with Crippen LogP contribution in [0.3, 0.4) is 0 Å². The normalized spacial score (nSPS) is 43.2. The van der Waals surface area contributed by atoms with Crippen LogP contribution in [0, 0.1) is 11.8 Å². The van der Waals surface area contributed by atoms with Gasteiger partial charge in [-0.3, -0.25) is 0 Å². The van der Waals surface area contributed by atoms with E-state index in [0.29, 0.717) is 17.4 Å². The van der Waals surface area contributed by atoms with Crippen molar-refractivity contribution in [2.24, 2.45) is 11.8 Å². The van der Waals surface area contributed by atoms with Crippen molar-refractivity contribution in [3.63, 3.8) is 0 Å². The number of rotatable bonds is 8. The highest BCUT2D eigenvalue weighted by Crippen LogP contribution is 2.60. The van der Waals surface area contributed by atoms with Gasteiger partial charge in [0.15, 0.2) is 0 Å². The van der Waals surface area contributed by atoms with E-state index in [0.717, 1.165) is 64.6 Å². The van der Waals surface area contributed by atoms with Crippen molar-refractivity contribution in [1.29, 1.82) is 0 Å². The molecule has 0 radical (unpaired) electrons. The number of carbonyl (C=O) groups is 1. The third-order valence-corrected chi connectivity index (χ3v) is 7.20. The maximum absolute atomic E-state index is 12.2. The van der Waals surface area contributed by atoms with Crippen molar-refractivity contribution in [1.82, 2.24) is 0 Å². The zero-order chi connectivity index (χ0) is 18.4. The van der Waals surface area contributed by atoms with Crippen molar-refractivity contribution < 1.29 is 19.0 Å². The number of unbranched alkanes of at least 4 members (excludes halogenated alkanes) is 1. The first-order valence-corrected chi connectivity index (χ1v) is 10.5. The van der Waals surface area contributed by atoms with Crippen LogP contribution in [0.2, 0.25) is 0 Å². The van der Waals surface area contributed by atoms with Crippen molar-refractivity contribution >= 4 is 5.97 Å². The van der Waals surface area contributed by atoms with Crippen LogP contribution in [0.15, 0.2) is 12.2 Å². The van der Waals surface area contributed by atoms with Crippen molar-refractivity contribution in [3.8, 4) is 0 Å². The molecule has 4 aliphatic carbocycles. The molecule has 1 aliphatic heterocycles. The maximum atomic E-state index is 12.2. The highest BCUT2D eigenvalue weighted by atomic mass is 16.6. The number of hydrogen-bond donors (Lipinski definition) is 0. The lowest BCUT2D eigenvalue weighted by molar-refractivity contribution is -0.232. The molecule has 5 rings (SSSR count). The first-order chi connectivity index (χ1) is 12.3. The average Bonchev–Trinajstić information content (AvgIpc) is 2.50. The summed E-state index contributed by atoms with van der Waals surface area (Å²) in [5.41, 5.74) is 0.271. The zero-order valence-electron chi connectivity index (χ0n) is 16.5. The Bertz CT molecular complexity index is 563. The largest absolute Gasteiger partial charge is 0.456 e. The molecule has 0 amide bonds. The van der Waals surface area contributed by atoms with Crippen LogP contribution >= 0.6 is 0 Å². The predicted molar refractivity (Wildman–Crippen MR) is 99.8 cm³/mol. The Labute approximate surface area is 157 Å². The maximum Gasteiger partial charge on any atom is 0.333 e. The van der Waals surface area contributed by atoms with Gasteiger partial charge in [0.1, 0.15) is 5.60 Å². The van der Waals surface area contributed by atoms with E-state index in [2.05, 4.69) is 13.5 Å². The summed E-state index contributed by atoms with van der Waals surface area (Å²) in [5, 5.41) is 0. The summed E-state index contributed by atoms with van der Waals surface area (Å²) in [6.07, 6.45) is 11.1. The summed E-state index contributed by atoms with van der Waals surface area (Å²) >= 11 is 0. The standard InChI is InChI=1S/C22H34O4/c1-16(2)19(23)26-22-13-17-10-18(14-22)12-21(11-17,15-22)25-8-5-4-6-20(3)7-9-24-20/h17-18H,1,4-15H2,2-3H3. The van der Waals surface area contributed by atoms with Gasteiger partial charge in [-0.1, -0.05) is 6.58 Å². The summed E-state index contributed by atoms with van der Waals surface area (Å²) in [6, 6.07) is 0. The lowest BCUT2D eigenvalue weighted by Gasteiger charge is -2.60. The fourth-order valence-electron chi connectivity index (χ4n) is 6.21. The second-order valence-corrected chi connectivity index (χ2v) is 9.85. The number of hydrogen-bond acceptors (Lipinski definition) is 4. The summed E-state index contributed by atoms with van der Waals surface area (Å²) in [5.74, 6) is 1.07. The summed E-state index contributed by atoms with van der Waals surface area (Å²) < 4.78 is 18.2. The van der Waals surface area contributed by atoms with Gasteiger partial charge in [-0.15, -0.1) is 0 Å². The van der Waals surface area contributed by atoms with E-state index in [1.807, 2.05) is 0 Å². The van der Waals surface area contributed by atoms with Crippen LogP contribution < -0.4 is 0 Å². The fraction of sp³-hybridized carbons (Fsp3) is 0.864. The highest BCUT2D eigenvalue weighted by Gasteiger charge is 2.60. The molecule has 3 unspecified atom stereocenters. The zero-order valence-corrected chi connectivity index (χ0v) is 16.5. The van der Waals surface area contributed by atoms with Crippen LogP contribution in [-0.2, 0) is 19.0 Å². The van der Waals surface area contributed by atoms with Crippen LogP contribution in [-0.4, -0.2) is 36.0 Å². The van der Waals surface area contributed by atoms with E-state index in [4.69, 9.17) is 14.2 Å². The van der Waals surface area contributed by atoms with Gasteiger partial charge < -0.3 is 14.2 Å². The Kier molecular flexibility index (Phi) is 4.71. The minimum absolute atomic E-state index is 0.0592. The monoisotopic (exact) mass is 362 g/mol. The van der Waals surface area contributed by atoms with Gasteiger partial charge in [0.05, 0.1) is 17.8 Å². The minimum atomic E-state index is -0.298. The molecule has 146 valence electrons. The van der Waals surface area contributed by atoms with Gasteiger partial charge in [-0.05, 0) is 83.5 Å². The molecule has 0 aromatic carbocycles. The van der Waals surface area contributed by atoms with Crippen LogP contribution in [0.4, 0.5) is 0 Å². The molecule has 3 atom stereocenters. The molecule has 4 nitrogen and oxygen atoms in total. The first kappa shape index (κ1) is 18.5. The van der Waals surface area contributed by atoms with E-state index in [-0.39, 0.29) is 22.8 Å². The fourth-order valence-corrected chi connectivity index (χ4v) is 6.21. The van der Waals surface area contributed by atoms with E-state index < -0.39 is 0 Å². The minimum Gasteiger partial charge on any atom is -0.456 e. The molecular weight excluding hydrogens is 328 g/mol. The third-order valence-electron chi connectivity index (χ3n) is 7.20. The molecule has 1 saturated heterocycles. The molecule has 0 aromatic heterocycles. The lowest BCUT2D eigenvalue weighted by atomic mass is 9.52. The van der Waals surface area contributed by atoms with Gasteiger partial charge in [0.2, 0.25) is 0 Å². The number of ether oxygens (including phenoxy) is 3. The first-order valence-electron chi connectivity index (χ1n) is 10.5. The van der Waals surface area contributed by atoms with E-state index in [1.54, 1.807) is 6.92 Å². The molecule has 5 fully saturated rings. The molecular formula is C22H34O4. The molecule has 4 saturated carbocycles. The average molecular weight is 363 g/mol. The van der Waals surface area contributed by atoms with Gasteiger partial charge in [0.25, 0.3) is 0 Å². The van der Waals surface area contributed by atoms with E-state index >= 15 is 0 Å². The lowest BCUT2D eigenvalue weighted by Crippen LogP contribution is -2.61. The Morgan fingerprint density at radius 1 is 1.15 bits per heavy atom. The Morgan fingerprint density at radius 2 is 1.81 bits per heavy atom. The van der Waals surface area contributed by atoms with Gasteiger partial charge >= 0.3 is 5.97 Å². The smallest absolute Gasteiger partial charge is 0.333 e. The highest BCUT2D eigenvalue weighted by molar-refractivity contribution is 5.87. The predicted octanol–water partition coefficient (Wildman–Crippen LogP) is 4.56. The van der Waals surface area contributed by atoms with Crippen LogP contribution in [0.25, 0.3) is 0 Å². The number of esters is 1. The van der Waals surface area contributed by atoms with Gasteiger partial charge in [0, 0.05) is 18.6 Å².